The molecule has 0 aromatic heterocycles. The number of ketones is 2. The second kappa shape index (κ2) is 5.42. The Morgan fingerprint density at radius 1 is 0.933 bits per heavy atom. The molecule has 8 nitrogen and oxygen atoms in total. The molecule has 2 bridgehead atoms. The molecular weight excluding hydrogens is 392 g/mol. The van der Waals surface area contributed by atoms with Gasteiger partial charge in [0.15, 0.2) is 11.6 Å². The first-order valence-corrected chi connectivity index (χ1v) is 10.7. The molecular formula is C22H24O8. The number of ether oxygens (including phenoxy) is 6. The Morgan fingerprint density at radius 3 is 2.37 bits per heavy atom. The molecule has 8 aliphatic rings. The molecule has 30 heavy (non-hydrogen) atoms. The van der Waals surface area contributed by atoms with E-state index in [1.165, 1.54) is 0 Å². The maximum atomic E-state index is 14.0. The molecule has 160 valence electrons. The van der Waals surface area contributed by atoms with Gasteiger partial charge in [-0.2, -0.15) is 0 Å². The largest absolute Gasteiger partial charge is 0.498 e. The number of epoxide rings is 2. The van der Waals surface area contributed by atoms with Crippen molar-refractivity contribution in [3.05, 3.63) is 23.0 Å². The lowest BCUT2D eigenvalue weighted by Gasteiger charge is -2.63. The smallest absolute Gasteiger partial charge is 0.190 e. The SMILES string of the molecule is CO[C@H]1C2=CO[C@@H](C)[C@@H]3[C@H]4C5=C([C@H](OC)[C@H]6O[C@H]6C5=O)[C@H](O[C@@H]4C)[C@]23C(=O)[C@@H]2O[C@@H]21. The third-order valence-electron chi connectivity index (χ3n) is 8.46. The lowest BCUT2D eigenvalue weighted by molar-refractivity contribution is -0.211. The molecule has 3 saturated heterocycles. The highest BCUT2D eigenvalue weighted by atomic mass is 16.6. The maximum absolute atomic E-state index is 14.0. The first-order chi connectivity index (χ1) is 14.5. The summed E-state index contributed by atoms with van der Waals surface area (Å²) in [6, 6.07) is 0. The summed E-state index contributed by atoms with van der Waals surface area (Å²) >= 11 is 0. The quantitative estimate of drug-likeness (QED) is 0.595. The molecule has 0 radical (unpaired) electrons. The third-order valence-corrected chi connectivity index (χ3v) is 8.46. The summed E-state index contributed by atoms with van der Waals surface area (Å²) in [6.07, 6.45) is -1.75. The molecule has 5 heterocycles. The molecule has 5 aliphatic heterocycles. The van der Waals surface area contributed by atoms with Crippen LogP contribution in [0.15, 0.2) is 23.0 Å². The van der Waals surface area contributed by atoms with Gasteiger partial charge in [-0.3, -0.25) is 9.59 Å². The fraction of sp³-hybridized carbons (Fsp3) is 0.727. The van der Waals surface area contributed by atoms with Crippen molar-refractivity contribution >= 4 is 11.6 Å². The van der Waals surface area contributed by atoms with E-state index in [0.29, 0.717) is 0 Å². The van der Waals surface area contributed by atoms with Crippen LogP contribution in [0.25, 0.3) is 0 Å². The zero-order chi connectivity index (χ0) is 20.7. The van der Waals surface area contributed by atoms with Crippen molar-refractivity contribution in [2.75, 3.05) is 14.2 Å². The second-order valence-corrected chi connectivity index (χ2v) is 9.51. The Hall–Kier alpha value is -1.58. The number of carbonyl (C=O) groups is 2. The van der Waals surface area contributed by atoms with Crippen LogP contribution >= 0.6 is 0 Å². The van der Waals surface area contributed by atoms with Gasteiger partial charge in [0.25, 0.3) is 0 Å². The van der Waals surface area contributed by atoms with Crippen molar-refractivity contribution < 1.29 is 38.0 Å². The minimum atomic E-state index is -0.981. The lowest BCUT2D eigenvalue weighted by Crippen LogP contribution is -2.72. The zero-order valence-corrected chi connectivity index (χ0v) is 17.2. The van der Waals surface area contributed by atoms with E-state index in [4.69, 9.17) is 28.4 Å². The third kappa shape index (κ3) is 1.73. The minimum Gasteiger partial charge on any atom is -0.498 e. The maximum Gasteiger partial charge on any atom is 0.190 e. The molecule has 1 spiro atoms. The Bertz CT molecular complexity index is 953. The highest BCUT2D eigenvalue weighted by Gasteiger charge is 2.79. The van der Waals surface area contributed by atoms with Crippen LogP contribution in [-0.4, -0.2) is 80.7 Å². The minimum absolute atomic E-state index is 0.0127. The van der Waals surface area contributed by atoms with Gasteiger partial charge in [-0.1, -0.05) is 0 Å². The summed E-state index contributed by atoms with van der Waals surface area (Å²) < 4.78 is 35.7. The Balaban J connectivity index is 1.51. The Kier molecular flexibility index (Phi) is 3.26. The highest BCUT2D eigenvalue weighted by molar-refractivity contribution is 6.06. The second-order valence-electron chi connectivity index (χ2n) is 9.51. The number of carbonyl (C=O) groups excluding carboxylic acids is 2. The van der Waals surface area contributed by atoms with Crippen LogP contribution in [0.2, 0.25) is 0 Å². The number of hydrogen-bond acceptors (Lipinski definition) is 8. The number of rotatable bonds is 2. The fourth-order valence-corrected chi connectivity index (χ4v) is 7.33. The lowest BCUT2D eigenvalue weighted by atomic mass is 9.45. The molecule has 3 aliphatic carbocycles. The highest BCUT2D eigenvalue weighted by Crippen LogP contribution is 2.68. The van der Waals surface area contributed by atoms with E-state index in [1.807, 2.05) is 13.8 Å². The van der Waals surface area contributed by atoms with Gasteiger partial charge in [-0.05, 0) is 19.4 Å². The van der Waals surface area contributed by atoms with Crippen LogP contribution < -0.4 is 0 Å². The van der Waals surface area contributed by atoms with Gasteiger partial charge < -0.3 is 28.4 Å². The molecule has 0 amide bonds. The average Bonchev–Trinajstić information content (AvgIpc) is 3.64. The standard InChI is InChI=1S/C22H24O8/c1-6-9-10-11(15(26-4)18-16(29-18)13(10)23)21(28-6)22-8(5-27-7(2)12(9)22)14(25-3)17-19(30-17)20(22)24/h5-7,9,12,14-19,21H,1-4H3/t6-,7+,9-,12-,14+,15+,16+,17-,18-,19-,21+,22-/m1/s1. The normalized spacial score (nSPS) is 56.8. The van der Waals surface area contributed by atoms with E-state index in [0.717, 1.165) is 16.7 Å². The van der Waals surface area contributed by atoms with Crippen LogP contribution in [-0.2, 0) is 38.0 Å². The van der Waals surface area contributed by atoms with Crippen LogP contribution in [0.1, 0.15) is 13.8 Å². The van der Waals surface area contributed by atoms with Crippen LogP contribution in [0, 0.1) is 17.3 Å². The molecule has 0 aromatic carbocycles. The summed E-state index contributed by atoms with van der Waals surface area (Å²) in [5.74, 6) is -0.492. The number of hydrogen-bond donors (Lipinski definition) is 0. The molecule has 4 fully saturated rings. The van der Waals surface area contributed by atoms with Crippen LogP contribution in [0.5, 0.6) is 0 Å². The van der Waals surface area contributed by atoms with Crippen molar-refractivity contribution in [2.45, 2.75) is 68.8 Å². The number of Topliss-reactive ketones (excluding diaryl/α,β-unsaturated/α-hetero) is 2. The predicted octanol–water partition coefficient (Wildman–Crippen LogP) is 0.336. The predicted molar refractivity (Wildman–Crippen MR) is 98.3 cm³/mol. The summed E-state index contributed by atoms with van der Waals surface area (Å²) in [7, 11) is 3.25. The van der Waals surface area contributed by atoms with Gasteiger partial charge in [0, 0.05) is 37.2 Å². The van der Waals surface area contributed by atoms with E-state index >= 15 is 0 Å². The van der Waals surface area contributed by atoms with Gasteiger partial charge in [-0.25, -0.2) is 0 Å². The van der Waals surface area contributed by atoms with E-state index in [-0.39, 0.29) is 53.9 Å². The van der Waals surface area contributed by atoms with Crippen molar-refractivity contribution in [2.24, 2.45) is 17.3 Å². The Labute approximate surface area is 173 Å². The topological polar surface area (TPSA) is 96.1 Å². The van der Waals surface area contributed by atoms with Gasteiger partial charge in [0.1, 0.15) is 36.6 Å². The molecule has 1 saturated carbocycles. The van der Waals surface area contributed by atoms with Gasteiger partial charge in [0.2, 0.25) is 0 Å². The molecule has 8 rings (SSSR count). The van der Waals surface area contributed by atoms with Gasteiger partial charge in [-0.15, -0.1) is 0 Å². The van der Waals surface area contributed by atoms with Crippen LogP contribution in [0.3, 0.4) is 0 Å². The first kappa shape index (κ1) is 18.0. The summed E-state index contributed by atoms with van der Waals surface area (Å²) in [5, 5.41) is 0. The summed E-state index contributed by atoms with van der Waals surface area (Å²) in [4.78, 5) is 27.3. The van der Waals surface area contributed by atoms with E-state index in [2.05, 4.69) is 0 Å². The van der Waals surface area contributed by atoms with Crippen molar-refractivity contribution in [3.8, 4) is 0 Å². The average molecular weight is 416 g/mol. The fourth-order valence-electron chi connectivity index (χ4n) is 7.33. The monoisotopic (exact) mass is 416 g/mol. The van der Waals surface area contributed by atoms with Gasteiger partial charge >= 0.3 is 0 Å². The van der Waals surface area contributed by atoms with E-state index in [1.54, 1.807) is 20.5 Å². The molecule has 0 unspecified atom stereocenters. The van der Waals surface area contributed by atoms with E-state index < -0.39 is 29.8 Å². The summed E-state index contributed by atoms with van der Waals surface area (Å²) in [6.45, 7) is 3.95. The van der Waals surface area contributed by atoms with E-state index in [9.17, 15) is 9.59 Å². The first-order valence-electron chi connectivity index (χ1n) is 10.7. The van der Waals surface area contributed by atoms with Gasteiger partial charge in [0.05, 0.1) is 30.0 Å². The Morgan fingerprint density at radius 2 is 1.63 bits per heavy atom. The molecule has 8 heteroatoms. The van der Waals surface area contributed by atoms with Crippen molar-refractivity contribution in [3.63, 3.8) is 0 Å². The molecule has 0 aromatic rings. The number of methoxy groups -OCH3 is 2. The molecule has 0 N–H and O–H groups in total. The zero-order valence-electron chi connectivity index (χ0n) is 17.2. The molecule has 12 atom stereocenters. The van der Waals surface area contributed by atoms with Crippen molar-refractivity contribution in [1.82, 2.24) is 0 Å². The summed E-state index contributed by atoms with van der Waals surface area (Å²) in [5.41, 5.74) is 1.30. The van der Waals surface area contributed by atoms with Crippen molar-refractivity contribution in [1.29, 1.82) is 0 Å². The van der Waals surface area contributed by atoms with Crippen LogP contribution in [0.4, 0.5) is 0 Å². The number of fused-ring (bicyclic) bond motifs is 3.